The zero-order valence-electron chi connectivity index (χ0n) is 32.8. The predicted molar refractivity (Wildman–Crippen MR) is 205 cm³/mol. The van der Waals surface area contributed by atoms with Crippen LogP contribution in [0.2, 0.25) is 0 Å². The molecule has 4 aromatic rings. The molecule has 2 aliphatic heterocycles. The summed E-state index contributed by atoms with van der Waals surface area (Å²) in [7, 11) is 16.9. The molecule has 0 amide bonds. The Labute approximate surface area is 317 Å². The van der Waals surface area contributed by atoms with Gasteiger partial charge >= 0.3 is 0 Å². The lowest BCUT2D eigenvalue weighted by Crippen LogP contribution is -2.47. The third-order valence-electron chi connectivity index (χ3n) is 11.5. The fourth-order valence-corrected chi connectivity index (χ4v) is 8.79. The number of rotatable bonds is 12. The van der Waals surface area contributed by atoms with Crippen molar-refractivity contribution >= 4 is 0 Å². The highest BCUT2D eigenvalue weighted by molar-refractivity contribution is 5.89. The highest BCUT2D eigenvalue weighted by atomic mass is 16.6. The first-order chi connectivity index (χ1) is 26.1. The smallest absolute Gasteiger partial charge is 0.204 e. The molecule has 3 atom stereocenters. The van der Waals surface area contributed by atoms with E-state index in [4.69, 9.17) is 42.6 Å². The number of likely N-dealkylation sites (N-methyl/N-ethyl adjacent to an activating group) is 2. The summed E-state index contributed by atoms with van der Waals surface area (Å²) in [5.41, 5.74) is 7.98. The third kappa shape index (κ3) is 5.87. The van der Waals surface area contributed by atoms with E-state index in [1.807, 2.05) is 36.4 Å². The predicted octanol–water partition coefficient (Wildman–Crippen LogP) is 7.08. The highest BCUT2D eigenvalue weighted by Crippen LogP contribution is 2.60. The van der Waals surface area contributed by atoms with Gasteiger partial charge in [0.05, 0.1) is 70.5 Å². The summed E-state index contributed by atoms with van der Waals surface area (Å²) in [6.07, 6.45) is 2.55. The van der Waals surface area contributed by atoms with Crippen LogP contribution in [0.15, 0.2) is 36.4 Å². The topological polar surface area (TPSA) is 109 Å². The number of fused-ring (bicyclic) bond motifs is 3. The normalized spacial score (nSPS) is 19.8. The van der Waals surface area contributed by atoms with Crippen LogP contribution < -0.4 is 42.6 Å². The minimum Gasteiger partial charge on any atom is -0.633 e. The van der Waals surface area contributed by atoms with Crippen LogP contribution in [-0.2, 0) is 25.7 Å². The minimum absolute atomic E-state index is 0.0305. The lowest BCUT2D eigenvalue weighted by molar-refractivity contribution is -0.894. The Morgan fingerprint density at radius 2 is 1.26 bits per heavy atom. The second kappa shape index (κ2) is 14.7. The molecule has 12 nitrogen and oxygen atoms in total. The lowest BCUT2D eigenvalue weighted by Gasteiger charge is -2.49. The zero-order chi connectivity index (χ0) is 38.5. The van der Waals surface area contributed by atoms with Crippen molar-refractivity contribution in [2.24, 2.45) is 0 Å². The minimum atomic E-state index is -0.421. The van der Waals surface area contributed by atoms with Crippen molar-refractivity contribution in [3.63, 3.8) is 0 Å². The van der Waals surface area contributed by atoms with Crippen LogP contribution in [0.4, 0.5) is 0 Å². The van der Waals surface area contributed by atoms with Gasteiger partial charge in [-0.15, -0.1) is 0 Å². The molecule has 0 saturated carbocycles. The van der Waals surface area contributed by atoms with Crippen molar-refractivity contribution < 1.29 is 47.3 Å². The van der Waals surface area contributed by atoms with Crippen LogP contribution in [0.25, 0.3) is 11.1 Å². The molecule has 0 spiro atoms. The van der Waals surface area contributed by atoms with Crippen molar-refractivity contribution in [1.82, 2.24) is 4.90 Å². The molecule has 0 N–H and O–H groups in total. The Morgan fingerprint density at radius 1 is 0.667 bits per heavy atom. The molecular formula is C42H50N2O10. The van der Waals surface area contributed by atoms with E-state index in [2.05, 4.69) is 11.9 Å². The van der Waals surface area contributed by atoms with Gasteiger partial charge in [0, 0.05) is 53.2 Å². The summed E-state index contributed by atoms with van der Waals surface area (Å²) in [4.78, 5) is 2.36. The van der Waals surface area contributed by atoms with Crippen LogP contribution >= 0.6 is 0 Å². The van der Waals surface area contributed by atoms with E-state index in [1.54, 1.807) is 63.9 Å². The molecule has 288 valence electrons. The van der Waals surface area contributed by atoms with Gasteiger partial charge in [0.15, 0.2) is 34.5 Å². The number of benzene rings is 4. The number of quaternary nitrogens is 1. The second-order valence-electron chi connectivity index (χ2n) is 14.1. The fourth-order valence-electron chi connectivity index (χ4n) is 8.79. The standard InChI is InChI=1S/C42H50N2O10/c1-43-17-15-26-34-30(43)20-29-28(35(34)41(52-9)42(53-10)37(26)49-6)22-33(47-4)40(51-8)38(29)54-24-13-11-23(12-14-24)19-31-27-21-32(46-3)39(50-7)36(48-5)25(27)16-18-44(31,2)45/h11-14,21-22,30-31H,15-20H2,1-10H3/t30-,31-,44+/m0/s1. The Hall–Kier alpha value is -5.04. The van der Waals surface area contributed by atoms with Crippen LogP contribution in [0.1, 0.15) is 45.5 Å². The maximum atomic E-state index is 14.0. The second-order valence-corrected chi connectivity index (χ2v) is 14.1. The number of methoxy groups -OCH3 is 8. The summed E-state index contributed by atoms with van der Waals surface area (Å²) in [6, 6.07) is 11.5. The van der Waals surface area contributed by atoms with E-state index in [1.165, 1.54) is 0 Å². The van der Waals surface area contributed by atoms with Gasteiger partial charge in [-0.3, -0.25) is 4.90 Å². The first-order valence-corrected chi connectivity index (χ1v) is 18.1. The molecule has 4 aromatic carbocycles. The summed E-state index contributed by atoms with van der Waals surface area (Å²) in [5.74, 6) is 5.76. The molecule has 7 rings (SSSR count). The lowest BCUT2D eigenvalue weighted by atomic mass is 9.75. The average molecular weight is 743 g/mol. The molecular weight excluding hydrogens is 692 g/mol. The van der Waals surface area contributed by atoms with Crippen LogP contribution in [0.5, 0.6) is 57.5 Å². The van der Waals surface area contributed by atoms with Gasteiger partial charge in [0.25, 0.3) is 0 Å². The van der Waals surface area contributed by atoms with Crippen molar-refractivity contribution in [2.45, 2.75) is 37.8 Å². The van der Waals surface area contributed by atoms with Gasteiger partial charge < -0.3 is 52.5 Å². The first kappa shape index (κ1) is 37.3. The SMILES string of the molecule is COc1cc2c(c(Oc3ccc(C[C@H]4c5cc(OC)c(OC)c(OC)c5CC[N@@+]4(C)[O-])cc3)c1OC)C[C@H]1c3c(c(OC)c(OC)c(OC)c3-2)CCN1C. The number of hydrogen-bond acceptors (Lipinski definition) is 11. The number of hydroxylamine groups is 3. The average Bonchev–Trinajstić information content (AvgIpc) is 3.19. The van der Waals surface area contributed by atoms with Gasteiger partial charge in [0.2, 0.25) is 17.2 Å². The summed E-state index contributed by atoms with van der Waals surface area (Å²) >= 11 is 0. The van der Waals surface area contributed by atoms with Gasteiger partial charge in [-0.1, -0.05) is 12.1 Å². The van der Waals surface area contributed by atoms with Crippen molar-refractivity contribution in [1.29, 1.82) is 0 Å². The highest BCUT2D eigenvalue weighted by Gasteiger charge is 2.42. The molecule has 0 aromatic heterocycles. The molecule has 12 heteroatoms. The molecule has 0 radical (unpaired) electrons. The van der Waals surface area contributed by atoms with E-state index in [0.717, 1.165) is 57.5 Å². The summed E-state index contributed by atoms with van der Waals surface area (Å²) in [5, 5.41) is 14.0. The molecule has 0 saturated heterocycles. The molecule has 0 fully saturated rings. The van der Waals surface area contributed by atoms with Crippen LogP contribution in [-0.4, -0.2) is 93.6 Å². The van der Waals surface area contributed by atoms with E-state index in [-0.39, 0.29) is 12.1 Å². The van der Waals surface area contributed by atoms with E-state index in [9.17, 15) is 5.21 Å². The van der Waals surface area contributed by atoms with Gasteiger partial charge in [-0.25, -0.2) is 0 Å². The Morgan fingerprint density at radius 3 is 1.87 bits per heavy atom. The van der Waals surface area contributed by atoms with Crippen LogP contribution in [0, 0.1) is 5.21 Å². The molecule has 3 aliphatic rings. The summed E-state index contributed by atoms with van der Waals surface area (Å²) < 4.78 is 53.4. The van der Waals surface area contributed by atoms with Crippen molar-refractivity contribution in [2.75, 3.05) is 84.1 Å². The van der Waals surface area contributed by atoms with Gasteiger partial charge in [-0.05, 0) is 60.8 Å². The fraction of sp³-hybridized carbons (Fsp3) is 0.429. The molecule has 0 unspecified atom stereocenters. The monoisotopic (exact) mass is 742 g/mol. The number of hydrogen-bond donors (Lipinski definition) is 0. The van der Waals surface area contributed by atoms with E-state index in [0.29, 0.717) is 83.3 Å². The van der Waals surface area contributed by atoms with Gasteiger partial charge in [-0.2, -0.15) is 0 Å². The maximum Gasteiger partial charge on any atom is 0.204 e. The number of nitrogens with zero attached hydrogens (tertiary/aromatic N) is 2. The van der Waals surface area contributed by atoms with Crippen LogP contribution in [0.3, 0.4) is 0 Å². The third-order valence-corrected chi connectivity index (χ3v) is 11.5. The number of ether oxygens (including phenoxy) is 9. The largest absolute Gasteiger partial charge is 0.633 e. The molecule has 0 bridgehead atoms. The first-order valence-electron chi connectivity index (χ1n) is 18.1. The maximum absolute atomic E-state index is 14.0. The zero-order valence-corrected chi connectivity index (χ0v) is 32.8. The Kier molecular flexibility index (Phi) is 10.1. The molecule has 1 aliphatic carbocycles. The molecule has 54 heavy (non-hydrogen) atoms. The van der Waals surface area contributed by atoms with Crippen molar-refractivity contribution in [3.8, 4) is 68.6 Å². The van der Waals surface area contributed by atoms with Crippen molar-refractivity contribution in [3.05, 3.63) is 75.0 Å². The van der Waals surface area contributed by atoms with Gasteiger partial charge in [0.1, 0.15) is 11.8 Å². The molecule has 2 heterocycles. The quantitative estimate of drug-likeness (QED) is 0.110. The Bertz CT molecular complexity index is 2060. The van der Waals surface area contributed by atoms with E-state index >= 15 is 0 Å². The Balaban J connectivity index is 1.29. The summed E-state index contributed by atoms with van der Waals surface area (Å²) in [6.45, 7) is 1.26. The van der Waals surface area contributed by atoms with E-state index < -0.39 is 4.65 Å².